The maximum Gasteiger partial charge on any atom is 0.130 e. The molecule has 0 aliphatic heterocycles. The summed E-state index contributed by atoms with van der Waals surface area (Å²) in [5, 5.41) is 1.01. The van der Waals surface area contributed by atoms with Crippen LogP contribution < -0.4 is 14.2 Å². The van der Waals surface area contributed by atoms with E-state index in [4.69, 9.17) is 9.47 Å². The number of fused-ring (bicyclic) bond motifs is 1. The molecule has 0 saturated carbocycles. The van der Waals surface area contributed by atoms with E-state index < -0.39 is 0 Å². The number of hydrogen-bond acceptors (Lipinski definition) is 5. The molecule has 28 heavy (non-hydrogen) atoms. The Balaban J connectivity index is 1.61. The molecular weight excluding hydrogens is 368 g/mol. The molecule has 0 spiro atoms. The normalized spacial score (nSPS) is 10.6. The Morgan fingerprint density at radius 1 is 0.857 bits per heavy atom. The summed E-state index contributed by atoms with van der Waals surface area (Å²) in [5.74, 6) is 2.30. The minimum Gasteiger partial charge on any atom is -0.497 e. The molecule has 1 N–H and O–H groups in total. The number of nitrogens with zero attached hydrogens (tertiary/aromatic N) is 1. The average Bonchev–Trinajstić information content (AvgIpc) is 2.74. The van der Waals surface area contributed by atoms with Crippen LogP contribution in [0.5, 0.6) is 17.2 Å². The van der Waals surface area contributed by atoms with E-state index in [1.807, 2.05) is 48.5 Å². The molecule has 0 saturated heterocycles. The maximum absolute atomic E-state index is 6.06. The third-order valence-electron chi connectivity index (χ3n) is 4.27. The predicted octanol–water partition coefficient (Wildman–Crippen LogP) is 6.46. The molecule has 0 unspecified atom stereocenters. The van der Waals surface area contributed by atoms with E-state index in [0.29, 0.717) is 0 Å². The smallest absolute Gasteiger partial charge is 0.130 e. The zero-order valence-electron chi connectivity index (χ0n) is 15.7. The highest BCUT2D eigenvalue weighted by atomic mass is 32.2. The fourth-order valence-electron chi connectivity index (χ4n) is 2.80. The lowest BCUT2D eigenvalue weighted by Gasteiger charge is -2.12. The van der Waals surface area contributed by atoms with Gasteiger partial charge in [0.2, 0.25) is 0 Å². The number of ether oxygens (including phenoxy) is 2. The van der Waals surface area contributed by atoms with E-state index in [9.17, 15) is 0 Å². The molecule has 0 amide bonds. The van der Waals surface area contributed by atoms with Gasteiger partial charge in [-0.1, -0.05) is 23.8 Å². The fourth-order valence-corrected chi connectivity index (χ4v) is 3.46. The van der Waals surface area contributed by atoms with Gasteiger partial charge in [0.25, 0.3) is 0 Å². The minimum absolute atomic E-state index is 0.748. The van der Waals surface area contributed by atoms with Crippen LogP contribution in [0.1, 0.15) is 5.56 Å². The van der Waals surface area contributed by atoms with Crippen molar-refractivity contribution < 1.29 is 9.47 Å². The predicted molar refractivity (Wildman–Crippen MR) is 115 cm³/mol. The van der Waals surface area contributed by atoms with Crippen LogP contribution in [-0.4, -0.2) is 12.1 Å². The molecule has 1 heterocycles. The van der Waals surface area contributed by atoms with Crippen LogP contribution in [-0.2, 0) is 0 Å². The van der Waals surface area contributed by atoms with E-state index in [1.165, 1.54) is 5.56 Å². The number of rotatable bonds is 6. The molecule has 1 aromatic heterocycles. The second kappa shape index (κ2) is 8.23. The number of pyridine rings is 1. The summed E-state index contributed by atoms with van der Waals surface area (Å²) in [7, 11) is 1.65. The first-order valence-electron chi connectivity index (χ1n) is 8.91. The van der Waals surface area contributed by atoms with Gasteiger partial charge in [-0.3, -0.25) is 4.98 Å². The van der Waals surface area contributed by atoms with Crippen molar-refractivity contribution in [2.75, 3.05) is 11.8 Å². The quantitative estimate of drug-likeness (QED) is 0.384. The second-order valence-corrected chi connectivity index (χ2v) is 7.22. The molecule has 140 valence electrons. The zero-order valence-corrected chi connectivity index (χ0v) is 16.5. The summed E-state index contributed by atoms with van der Waals surface area (Å²) in [6, 6.07) is 23.9. The zero-order chi connectivity index (χ0) is 19.3. The first kappa shape index (κ1) is 18.2. The lowest BCUT2D eigenvalue weighted by molar-refractivity contribution is 0.413. The highest BCUT2D eigenvalue weighted by Gasteiger charge is 2.08. The van der Waals surface area contributed by atoms with Crippen molar-refractivity contribution in [3.05, 3.63) is 84.6 Å². The molecule has 0 aliphatic rings. The summed E-state index contributed by atoms with van der Waals surface area (Å²) in [4.78, 5) is 5.67. The summed E-state index contributed by atoms with van der Waals surface area (Å²) in [6.07, 6.45) is 1.80. The van der Waals surface area contributed by atoms with Gasteiger partial charge in [-0.05, 0) is 67.4 Å². The Labute approximate surface area is 168 Å². The molecule has 0 bridgehead atoms. The third-order valence-corrected chi connectivity index (χ3v) is 5.10. The van der Waals surface area contributed by atoms with Crippen molar-refractivity contribution in [2.45, 2.75) is 11.8 Å². The van der Waals surface area contributed by atoms with Crippen LogP contribution in [0.15, 0.2) is 83.9 Å². The van der Waals surface area contributed by atoms with Gasteiger partial charge in [0, 0.05) is 22.5 Å². The molecule has 0 radical (unpaired) electrons. The van der Waals surface area contributed by atoms with Crippen LogP contribution in [0.3, 0.4) is 0 Å². The SMILES string of the molecule is COc1ccc(Oc2cc(NSc3ccc(C)cc3)c3ncccc3c2)cc1. The van der Waals surface area contributed by atoms with Gasteiger partial charge in [-0.15, -0.1) is 0 Å². The van der Waals surface area contributed by atoms with Crippen molar-refractivity contribution in [1.82, 2.24) is 4.98 Å². The first-order valence-corrected chi connectivity index (χ1v) is 9.73. The molecule has 4 aromatic rings. The van der Waals surface area contributed by atoms with Crippen molar-refractivity contribution in [3.63, 3.8) is 0 Å². The second-order valence-electron chi connectivity index (χ2n) is 6.34. The van der Waals surface area contributed by atoms with E-state index in [2.05, 4.69) is 40.9 Å². The monoisotopic (exact) mass is 388 g/mol. The molecule has 5 heteroatoms. The first-order chi connectivity index (χ1) is 13.7. The topological polar surface area (TPSA) is 43.4 Å². The number of aromatic nitrogens is 1. The van der Waals surface area contributed by atoms with E-state index in [0.717, 1.165) is 38.7 Å². The van der Waals surface area contributed by atoms with E-state index in [-0.39, 0.29) is 0 Å². The van der Waals surface area contributed by atoms with E-state index in [1.54, 1.807) is 25.3 Å². The number of methoxy groups -OCH3 is 1. The van der Waals surface area contributed by atoms with Gasteiger partial charge < -0.3 is 14.2 Å². The standard InChI is InChI=1S/C23H20N2O2S/c1-16-5-11-21(12-6-16)28-25-22-15-20(14-17-4-3-13-24-23(17)22)27-19-9-7-18(26-2)8-10-19/h3-15,25H,1-2H3. The molecular formula is C23H20N2O2S. The Kier molecular flexibility index (Phi) is 5.35. The van der Waals surface area contributed by atoms with E-state index >= 15 is 0 Å². The van der Waals surface area contributed by atoms with Crippen LogP contribution in [0.2, 0.25) is 0 Å². The van der Waals surface area contributed by atoms with Crippen molar-refractivity contribution in [3.8, 4) is 17.2 Å². The highest BCUT2D eigenvalue weighted by Crippen LogP contribution is 2.33. The summed E-state index contributed by atoms with van der Waals surface area (Å²) in [6.45, 7) is 2.08. The summed E-state index contributed by atoms with van der Waals surface area (Å²) in [5.41, 5.74) is 3.06. The number of nitrogens with one attached hydrogen (secondary N) is 1. The van der Waals surface area contributed by atoms with Gasteiger partial charge in [-0.2, -0.15) is 0 Å². The third kappa shape index (κ3) is 4.21. The minimum atomic E-state index is 0.748. The van der Waals surface area contributed by atoms with Gasteiger partial charge in [0.15, 0.2) is 0 Å². The summed E-state index contributed by atoms with van der Waals surface area (Å²) < 4.78 is 14.7. The molecule has 3 aromatic carbocycles. The Bertz CT molecular complexity index is 1080. The lowest BCUT2D eigenvalue weighted by Crippen LogP contribution is -1.93. The summed E-state index contributed by atoms with van der Waals surface area (Å²) >= 11 is 1.55. The Morgan fingerprint density at radius 2 is 1.61 bits per heavy atom. The Morgan fingerprint density at radius 3 is 2.36 bits per heavy atom. The molecule has 4 rings (SSSR count). The lowest BCUT2D eigenvalue weighted by atomic mass is 10.2. The van der Waals surface area contributed by atoms with Crippen LogP contribution in [0, 0.1) is 6.92 Å². The molecule has 0 aliphatic carbocycles. The van der Waals surface area contributed by atoms with Crippen molar-refractivity contribution in [2.24, 2.45) is 0 Å². The fraction of sp³-hybridized carbons (Fsp3) is 0.0870. The number of benzene rings is 3. The van der Waals surface area contributed by atoms with Crippen LogP contribution in [0.25, 0.3) is 10.9 Å². The van der Waals surface area contributed by atoms with Gasteiger partial charge in [0.05, 0.1) is 18.3 Å². The Hall–Kier alpha value is -3.18. The molecule has 4 nitrogen and oxygen atoms in total. The number of anilines is 1. The van der Waals surface area contributed by atoms with Crippen LogP contribution >= 0.6 is 11.9 Å². The highest BCUT2D eigenvalue weighted by molar-refractivity contribution is 8.00. The number of aryl methyl sites for hydroxylation is 1. The van der Waals surface area contributed by atoms with Gasteiger partial charge in [0.1, 0.15) is 17.2 Å². The van der Waals surface area contributed by atoms with Crippen LogP contribution in [0.4, 0.5) is 5.69 Å². The van der Waals surface area contributed by atoms with Gasteiger partial charge >= 0.3 is 0 Å². The van der Waals surface area contributed by atoms with Crippen molar-refractivity contribution in [1.29, 1.82) is 0 Å². The maximum atomic E-state index is 6.06. The van der Waals surface area contributed by atoms with Crippen molar-refractivity contribution >= 4 is 28.5 Å². The van der Waals surface area contributed by atoms with Gasteiger partial charge in [-0.25, -0.2) is 0 Å². The average molecular weight is 388 g/mol. The molecule has 0 atom stereocenters. The number of hydrogen-bond donors (Lipinski definition) is 1. The molecule has 0 fully saturated rings. The largest absolute Gasteiger partial charge is 0.497 e.